The highest BCUT2D eigenvalue weighted by Crippen LogP contribution is 2.26. The van der Waals surface area contributed by atoms with E-state index in [2.05, 4.69) is 21.2 Å². The number of para-hydroxylation sites is 2. The number of ether oxygens (including phenoxy) is 1. The van der Waals surface area contributed by atoms with Gasteiger partial charge in [-0.3, -0.25) is 4.79 Å². The van der Waals surface area contributed by atoms with Crippen molar-refractivity contribution < 1.29 is 17.9 Å². The second kappa shape index (κ2) is 9.16. The third-order valence-electron chi connectivity index (χ3n) is 3.63. The van der Waals surface area contributed by atoms with Gasteiger partial charge in [0.2, 0.25) is 15.9 Å². The first-order chi connectivity index (χ1) is 12.4. The average Bonchev–Trinajstić information content (AvgIpc) is 2.62. The zero-order valence-corrected chi connectivity index (χ0v) is 17.0. The first kappa shape index (κ1) is 20.4. The lowest BCUT2D eigenvalue weighted by Crippen LogP contribution is -2.38. The Morgan fingerprint density at radius 2 is 1.81 bits per heavy atom. The topological polar surface area (TPSA) is 75.7 Å². The predicted molar refractivity (Wildman–Crippen MR) is 105 cm³/mol. The molecule has 0 unspecified atom stereocenters. The molecule has 0 saturated carbocycles. The quantitative estimate of drug-likeness (QED) is 0.681. The molecule has 0 heterocycles. The fourth-order valence-corrected chi connectivity index (χ4v) is 4.88. The van der Waals surface area contributed by atoms with E-state index in [1.54, 1.807) is 42.5 Å². The van der Waals surface area contributed by atoms with Gasteiger partial charge in [0.1, 0.15) is 5.75 Å². The number of nitrogens with zero attached hydrogens (tertiary/aromatic N) is 1. The van der Waals surface area contributed by atoms with Crippen LogP contribution in [-0.4, -0.2) is 38.8 Å². The Hall–Kier alpha value is -1.90. The first-order valence-electron chi connectivity index (χ1n) is 8.07. The van der Waals surface area contributed by atoms with Crippen molar-refractivity contribution in [3.05, 3.63) is 53.0 Å². The van der Waals surface area contributed by atoms with Crippen LogP contribution >= 0.6 is 15.9 Å². The summed E-state index contributed by atoms with van der Waals surface area (Å²) < 4.78 is 32.7. The highest BCUT2D eigenvalue weighted by atomic mass is 79.9. The molecular weight excluding hydrogens is 420 g/mol. The van der Waals surface area contributed by atoms with Crippen LogP contribution in [-0.2, 0) is 14.8 Å². The van der Waals surface area contributed by atoms with Crippen molar-refractivity contribution >= 4 is 37.5 Å². The van der Waals surface area contributed by atoms with Crippen LogP contribution in [0.1, 0.15) is 13.3 Å². The summed E-state index contributed by atoms with van der Waals surface area (Å²) in [6.07, 6.45) is 0.589. The summed E-state index contributed by atoms with van der Waals surface area (Å²) in [6, 6.07) is 13.5. The third kappa shape index (κ3) is 4.84. The van der Waals surface area contributed by atoms with Crippen LogP contribution in [0.4, 0.5) is 5.69 Å². The van der Waals surface area contributed by atoms with E-state index < -0.39 is 15.9 Å². The summed E-state index contributed by atoms with van der Waals surface area (Å²) in [5.74, 6) is 0.0788. The summed E-state index contributed by atoms with van der Waals surface area (Å²) in [5.41, 5.74) is 0.495. The number of rotatable bonds is 8. The second-order valence-corrected chi connectivity index (χ2v) is 8.28. The lowest BCUT2D eigenvalue weighted by molar-refractivity contribution is -0.116. The van der Waals surface area contributed by atoms with Gasteiger partial charge in [-0.25, -0.2) is 8.42 Å². The van der Waals surface area contributed by atoms with Crippen LogP contribution in [0.3, 0.4) is 0 Å². The molecule has 0 aliphatic rings. The second-order valence-electron chi connectivity index (χ2n) is 5.52. The molecule has 1 amide bonds. The number of sulfonamides is 1. The lowest BCUT2D eigenvalue weighted by Gasteiger charge is -2.22. The van der Waals surface area contributed by atoms with Crippen molar-refractivity contribution in [1.82, 2.24) is 4.31 Å². The molecule has 0 saturated heterocycles. The summed E-state index contributed by atoms with van der Waals surface area (Å²) in [5, 5.41) is 2.71. The number of hydrogen-bond acceptors (Lipinski definition) is 4. The molecule has 0 fully saturated rings. The van der Waals surface area contributed by atoms with E-state index in [4.69, 9.17) is 4.74 Å². The number of halogens is 1. The monoisotopic (exact) mass is 440 g/mol. The summed E-state index contributed by atoms with van der Waals surface area (Å²) in [4.78, 5) is 12.6. The molecule has 0 spiro atoms. The maximum atomic E-state index is 12.9. The Morgan fingerprint density at radius 1 is 1.15 bits per heavy atom. The SMILES string of the molecule is CCCN(CC(=O)Nc1ccccc1OC)S(=O)(=O)c1ccccc1Br. The minimum atomic E-state index is -3.80. The van der Waals surface area contributed by atoms with E-state index in [-0.39, 0.29) is 18.0 Å². The van der Waals surface area contributed by atoms with Gasteiger partial charge in [0.15, 0.2) is 0 Å². The number of carbonyl (C=O) groups is 1. The predicted octanol–water partition coefficient (Wildman–Crippen LogP) is 3.50. The van der Waals surface area contributed by atoms with E-state index in [0.29, 0.717) is 22.3 Å². The van der Waals surface area contributed by atoms with Crippen LogP contribution in [0.25, 0.3) is 0 Å². The zero-order chi connectivity index (χ0) is 19.2. The number of methoxy groups -OCH3 is 1. The van der Waals surface area contributed by atoms with Crippen molar-refractivity contribution in [2.45, 2.75) is 18.2 Å². The van der Waals surface area contributed by atoms with Gasteiger partial charge < -0.3 is 10.1 Å². The first-order valence-corrected chi connectivity index (χ1v) is 10.3. The van der Waals surface area contributed by atoms with Crippen LogP contribution in [0.5, 0.6) is 5.75 Å². The van der Waals surface area contributed by atoms with Crippen molar-refractivity contribution in [3.8, 4) is 5.75 Å². The standard InChI is InChI=1S/C18H21BrN2O4S/c1-3-12-21(26(23,24)17-11-7-4-8-14(17)19)13-18(22)20-15-9-5-6-10-16(15)25-2/h4-11H,3,12-13H2,1-2H3,(H,20,22). The fourth-order valence-electron chi connectivity index (χ4n) is 2.42. The van der Waals surface area contributed by atoms with Gasteiger partial charge in [-0.05, 0) is 46.6 Å². The van der Waals surface area contributed by atoms with E-state index in [0.717, 1.165) is 0 Å². The molecule has 2 rings (SSSR count). The number of hydrogen-bond donors (Lipinski definition) is 1. The Labute approximate surface area is 162 Å². The molecule has 26 heavy (non-hydrogen) atoms. The van der Waals surface area contributed by atoms with Gasteiger partial charge in [-0.1, -0.05) is 31.2 Å². The van der Waals surface area contributed by atoms with Crippen LogP contribution in [0.2, 0.25) is 0 Å². The Balaban J connectivity index is 2.22. The van der Waals surface area contributed by atoms with Gasteiger partial charge in [-0.2, -0.15) is 4.31 Å². The molecule has 2 aromatic rings. The van der Waals surface area contributed by atoms with Gasteiger partial charge in [0.25, 0.3) is 0 Å². The largest absolute Gasteiger partial charge is 0.495 e. The minimum Gasteiger partial charge on any atom is -0.495 e. The normalized spacial score (nSPS) is 11.4. The smallest absolute Gasteiger partial charge is 0.244 e. The Bertz CT molecular complexity index is 871. The highest BCUT2D eigenvalue weighted by Gasteiger charge is 2.27. The maximum absolute atomic E-state index is 12.9. The molecule has 6 nitrogen and oxygen atoms in total. The summed E-state index contributed by atoms with van der Waals surface area (Å²) in [7, 11) is -2.30. The number of anilines is 1. The molecule has 0 atom stereocenters. The molecular formula is C18H21BrN2O4S. The van der Waals surface area contributed by atoms with Crippen molar-refractivity contribution in [2.75, 3.05) is 25.5 Å². The molecule has 1 N–H and O–H groups in total. The molecule has 0 radical (unpaired) electrons. The lowest BCUT2D eigenvalue weighted by atomic mass is 10.3. The van der Waals surface area contributed by atoms with E-state index in [9.17, 15) is 13.2 Å². The molecule has 2 aromatic carbocycles. The van der Waals surface area contributed by atoms with Gasteiger partial charge >= 0.3 is 0 Å². The molecule has 8 heteroatoms. The average molecular weight is 441 g/mol. The Morgan fingerprint density at radius 3 is 2.46 bits per heavy atom. The van der Waals surface area contributed by atoms with E-state index in [1.807, 2.05) is 6.92 Å². The van der Waals surface area contributed by atoms with E-state index >= 15 is 0 Å². The highest BCUT2D eigenvalue weighted by molar-refractivity contribution is 9.10. The minimum absolute atomic E-state index is 0.138. The number of benzene rings is 2. The molecule has 0 aromatic heterocycles. The van der Waals surface area contributed by atoms with Gasteiger partial charge in [-0.15, -0.1) is 0 Å². The van der Waals surface area contributed by atoms with Crippen LogP contribution < -0.4 is 10.1 Å². The summed E-state index contributed by atoms with van der Waals surface area (Å²) in [6.45, 7) is 1.82. The molecule has 0 aliphatic heterocycles. The van der Waals surface area contributed by atoms with Crippen molar-refractivity contribution in [2.24, 2.45) is 0 Å². The number of carbonyl (C=O) groups excluding carboxylic acids is 1. The molecule has 0 bridgehead atoms. The number of nitrogens with one attached hydrogen (secondary N) is 1. The van der Waals surface area contributed by atoms with Crippen molar-refractivity contribution in [3.63, 3.8) is 0 Å². The maximum Gasteiger partial charge on any atom is 0.244 e. The third-order valence-corrected chi connectivity index (χ3v) is 6.49. The molecule has 140 valence electrons. The zero-order valence-electron chi connectivity index (χ0n) is 14.6. The van der Waals surface area contributed by atoms with Gasteiger partial charge in [0.05, 0.1) is 24.2 Å². The van der Waals surface area contributed by atoms with E-state index in [1.165, 1.54) is 17.5 Å². The Kier molecular flexibility index (Phi) is 7.19. The van der Waals surface area contributed by atoms with Crippen molar-refractivity contribution in [1.29, 1.82) is 0 Å². The van der Waals surface area contributed by atoms with Gasteiger partial charge in [0, 0.05) is 11.0 Å². The summed E-state index contributed by atoms with van der Waals surface area (Å²) >= 11 is 3.27. The van der Waals surface area contributed by atoms with Crippen LogP contribution in [0.15, 0.2) is 57.9 Å². The molecule has 0 aliphatic carbocycles. The fraction of sp³-hybridized carbons (Fsp3) is 0.278. The number of amides is 1. The van der Waals surface area contributed by atoms with Crippen LogP contribution in [0, 0.1) is 0 Å².